The molecule has 148 valence electrons. The molecule has 29 heavy (non-hydrogen) atoms. The third kappa shape index (κ3) is 6.39. The summed E-state index contributed by atoms with van der Waals surface area (Å²) in [6.45, 7) is 0.0689. The number of amides is 1. The Bertz CT molecular complexity index is 944. The van der Waals surface area contributed by atoms with Crippen molar-refractivity contribution < 1.29 is 24.2 Å². The first kappa shape index (κ1) is 19.9. The fourth-order valence-corrected chi connectivity index (χ4v) is 2.70. The van der Waals surface area contributed by atoms with Crippen LogP contribution in [0.15, 0.2) is 84.9 Å². The molecule has 6 heteroatoms. The van der Waals surface area contributed by atoms with Crippen LogP contribution in [0.25, 0.3) is 0 Å². The summed E-state index contributed by atoms with van der Waals surface area (Å²) in [5.74, 6) is 0.127. The van der Waals surface area contributed by atoms with Crippen molar-refractivity contribution in [3.8, 4) is 11.5 Å². The molecule has 0 spiro atoms. The van der Waals surface area contributed by atoms with Crippen LogP contribution < -0.4 is 10.1 Å². The topological polar surface area (TPSA) is 84.9 Å². The molecular formula is C23H21NO5. The SMILES string of the molecule is O=C(NC(Cc1cccc(Oc2ccccc2)c1)C(=O)O)OCc1ccccc1. The van der Waals surface area contributed by atoms with Crippen LogP contribution >= 0.6 is 0 Å². The van der Waals surface area contributed by atoms with Gasteiger partial charge in [0.15, 0.2) is 0 Å². The van der Waals surface area contributed by atoms with Crippen LogP contribution in [0.2, 0.25) is 0 Å². The number of hydrogen-bond donors (Lipinski definition) is 2. The molecule has 0 fully saturated rings. The van der Waals surface area contributed by atoms with E-state index in [0.29, 0.717) is 17.1 Å². The molecule has 6 nitrogen and oxygen atoms in total. The largest absolute Gasteiger partial charge is 0.480 e. The van der Waals surface area contributed by atoms with E-state index in [-0.39, 0.29) is 13.0 Å². The van der Waals surface area contributed by atoms with Crippen LogP contribution in [0.1, 0.15) is 11.1 Å². The van der Waals surface area contributed by atoms with Crippen LogP contribution in [0.5, 0.6) is 11.5 Å². The molecular weight excluding hydrogens is 370 g/mol. The Morgan fingerprint density at radius 2 is 1.45 bits per heavy atom. The number of ether oxygens (including phenoxy) is 2. The standard InChI is InChI=1S/C23H21NO5/c25-22(26)21(24-23(27)28-16-17-8-3-1-4-9-17)15-18-10-7-13-20(14-18)29-19-11-5-2-6-12-19/h1-14,21H,15-16H2,(H,24,27)(H,25,26). The van der Waals surface area contributed by atoms with Crippen molar-refractivity contribution in [3.05, 3.63) is 96.1 Å². The Morgan fingerprint density at radius 3 is 2.14 bits per heavy atom. The summed E-state index contributed by atoms with van der Waals surface area (Å²) in [5.41, 5.74) is 1.54. The van der Waals surface area contributed by atoms with Gasteiger partial charge in [-0.15, -0.1) is 0 Å². The second-order valence-corrected chi connectivity index (χ2v) is 6.36. The Labute approximate surface area is 168 Å². The first-order valence-electron chi connectivity index (χ1n) is 9.12. The van der Waals surface area contributed by atoms with E-state index in [2.05, 4.69) is 5.32 Å². The Balaban J connectivity index is 1.59. The fraction of sp³-hybridized carbons (Fsp3) is 0.130. The van der Waals surface area contributed by atoms with Gasteiger partial charge in [0.2, 0.25) is 0 Å². The number of carbonyl (C=O) groups excluding carboxylic acids is 1. The number of para-hydroxylation sites is 1. The number of hydrogen-bond acceptors (Lipinski definition) is 4. The Hall–Kier alpha value is -3.80. The molecule has 0 aliphatic carbocycles. The molecule has 3 aromatic rings. The quantitative estimate of drug-likeness (QED) is 0.594. The summed E-state index contributed by atoms with van der Waals surface area (Å²) in [6.07, 6.45) is -0.681. The molecule has 1 amide bonds. The lowest BCUT2D eigenvalue weighted by Gasteiger charge is -2.15. The van der Waals surface area contributed by atoms with Gasteiger partial charge in [-0.3, -0.25) is 0 Å². The van der Waals surface area contributed by atoms with Gasteiger partial charge < -0.3 is 19.9 Å². The molecule has 1 atom stereocenters. The summed E-state index contributed by atoms with van der Waals surface area (Å²) in [5, 5.41) is 11.9. The van der Waals surface area contributed by atoms with E-state index < -0.39 is 18.1 Å². The minimum atomic E-state index is -1.14. The zero-order chi connectivity index (χ0) is 20.5. The lowest BCUT2D eigenvalue weighted by Crippen LogP contribution is -2.42. The average Bonchev–Trinajstić information content (AvgIpc) is 2.73. The highest BCUT2D eigenvalue weighted by Crippen LogP contribution is 2.22. The van der Waals surface area contributed by atoms with Gasteiger partial charge in [0.1, 0.15) is 24.1 Å². The zero-order valence-electron chi connectivity index (χ0n) is 15.7. The Morgan fingerprint density at radius 1 is 0.828 bits per heavy atom. The maximum Gasteiger partial charge on any atom is 0.408 e. The number of nitrogens with one attached hydrogen (secondary N) is 1. The van der Waals surface area contributed by atoms with E-state index >= 15 is 0 Å². The van der Waals surface area contributed by atoms with Gasteiger partial charge in [-0.2, -0.15) is 0 Å². The van der Waals surface area contributed by atoms with E-state index in [0.717, 1.165) is 5.56 Å². The number of rotatable bonds is 8. The molecule has 2 N–H and O–H groups in total. The highest BCUT2D eigenvalue weighted by molar-refractivity contribution is 5.80. The van der Waals surface area contributed by atoms with Crippen LogP contribution in [-0.2, 0) is 22.6 Å². The monoisotopic (exact) mass is 391 g/mol. The van der Waals surface area contributed by atoms with E-state index in [1.54, 1.807) is 24.3 Å². The summed E-state index contributed by atoms with van der Waals surface area (Å²) in [6, 6.07) is 24.4. The zero-order valence-corrected chi connectivity index (χ0v) is 15.7. The van der Waals surface area contributed by atoms with E-state index in [4.69, 9.17) is 9.47 Å². The minimum absolute atomic E-state index is 0.0689. The van der Waals surface area contributed by atoms with Crippen LogP contribution in [0.4, 0.5) is 4.79 Å². The molecule has 0 saturated carbocycles. The number of carboxylic acid groups (broad SMARTS) is 1. The smallest absolute Gasteiger partial charge is 0.408 e. The number of alkyl carbamates (subject to hydrolysis) is 1. The maximum atomic E-state index is 12.0. The lowest BCUT2D eigenvalue weighted by molar-refractivity contribution is -0.139. The molecule has 0 saturated heterocycles. The summed E-state index contributed by atoms with van der Waals surface area (Å²) in [7, 11) is 0. The van der Waals surface area contributed by atoms with Crippen molar-refractivity contribution in [2.45, 2.75) is 19.1 Å². The number of carbonyl (C=O) groups is 2. The summed E-state index contributed by atoms with van der Waals surface area (Å²) >= 11 is 0. The highest BCUT2D eigenvalue weighted by atomic mass is 16.5. The molecule has 0 aliphatic rings. The third-order valence-electron chi connectivity index (χ3n) is 4.12. The number of aliphatic carboxylic acids is 1. The fourth-order valence-electron chi connectivity index (χ4n) is 2.70. The van der Waals surface area contributed by atoms with E-state index in [9.17, 15) is 14.7 Å². The molecule has 0 aromatic heterocycles. The first-order chi connectivity index (χ1) is 14.1. The van der Waals surface area contributed by atoms with E-state index in [1.165, 1.54) is 0 Å². The first-order valence-corrected chi connectivity index (χ1v) is 9.12. The van der Waals surface area contributed by atoms with Gasteiger partial charge in [-0.25, -0.2) is 9.59 Å². The summed E-state index contributed by atoms with van der Waals surface area (Å²) < 4.78 is 10.9. The normalized spacial score (nSPS) is 11.3. The van der Waals surface area contributed by atoms with Gasteiger partial charge >= 0.3 is 12.1 Å². The second-order valence-electron chi connectivity index (χ2n) is 6.36. The van der Waals surface area contributed by atoms with Crippen molar-refractivity contribution in [2.75, 3.05) is 0 Å². The molecule has 0 aliphatic heterocycles. The van der Waals surface area contributed by atoms with Gasteiger partial charge in [0.25, 0.3) is 0 Å². The predicted octanol–water partition coefficient (Wildman–Crippen LogP) is 4.40. The average molecular weight is 391 g/mol. The van der Waals surface area contributed by atoms with Crippen LogP contribution in [-0.4, -0.2) is 23.2 Å². The third-order valence-corrected chi connectivity index (χ3v) is 4.12. The molecule has 0 bridgehead atoms. The van der Waals surface area contributed by atoms with Crippen LogP contribution in [0, 0.1) is 0 Å². The second kappa shape index (κ2) is 9.94. The predicted molar refractivity (Wildman–Crippen MR) is 108 cm³/mol. The van der Waals surface area contributed by atoms with Gasteiger partial charge in [0.05, 0.1) is 0 Å². The molecule has 3 rings (SSSR count). The number of carboxylic acids is 1. The lowest BCUT2D eigenvalue weighted by atomic mass is 10.1. The van der Waals surface area contributed by atoms with Crippen molar-refractivity contribution in [2.24, 2.45) is 0 Å². The van der Waals surface area contributed by atoms with Crippen molar-refractivity contribution in [1.82, 2.24) is 5.32 Å². The van der Waals surface area contributed by atoms with Gasteiger partial charge in [0, 0.05) is 6.42 Å². The molecule has 0 heterocycles. The van der Waals surface area contributed by atoms with Crippen molar-refractivity contribution >= 4 is 12.1 Å². The van der Waals surface area contributed by atoms with Gasteiger partial charge in [-0.1, -0.05) is 60.7 Å². The number of benzene rings is 3. The minimum Gasteiger partial charge on any atom is -0.480 e. The maximum absolute atomic E-state index is 12.0. The molecule has 3 aromatic carbocycles. The van der Waals surface area contributed by atoms with E-state index in [1.807, 2.05) is 60.7 Å². The molecule has 1 unspecified atom stereocenters. The van der Waals surface area contributed by atoms with Crippen LogP contribution in [0.3, 0.4) is 0 Å². The van der Waals surface area contributed by atoms with Crippen molar-refractivity contribution in [3.63, 3.8) is 0 Å². The van der Waals surface area contributed by atoms with Crippen molar-refractivity contribution in [1.29, 1.82) is 0 Å². The van der Waals surface area contributed by atoms with Gasteiger partial charge in [-0.05, 0) is 35.4 Å². The summed E-state index contributed by atoms with van der Waals surface area (Å²) in [4.78, 5) is 23.6. The highest BCUT2D eigenvalue weighted by Gasteiger charge is 2.21. The Kier molecular flexibility index (Phi) is 6.84. The molecule has 0 radical (unpaired) electrons.